The van der Waals surface area contributed by atoms with Gasteiger partial charge >= 0.3 is 0 Å². The topological polar surface area (TPSA) is 88.2 Å². The molecule has 0 radical (unpaired) electrons. The number of aromatic nitrogens is 1. The second-order valence-corrected chi connectivity index (χ2v) is 5.00. The summed E-state index contributed by atoms with van der Waals surface area (Å²) in [4.78, 5) is 38.8. The maximum Gasteiger partial charge on any atom is 0.233 e. The molecule has 0 atom stereocenters. The van der Waals surface area contributed by atoms with Crippen LogP contribution in [0.15, 0.2) is 48.8 Å². The van der Waals surface area contributed by atoms with Gasteiger partial charge in [-0.1, -0.05) is 18.2 Å². The predicted molar refractivity (Wildman–Crippen MR) is 85.8 cm³/mol. The zero-order valence-electron chi connectivity index (χ0n) is 12.7. The van der Waals surface area contributed by atoms with Crippen LogP contribution in [0.1, 0.15) is 29.3 Å². The number of ketones is 1. The molecular formula is C17H17N3O3. The predicted octanol–water partition coefficient (Wildman–Crippen LogP) is 1.93. The Bertz CT molecular complexity index is 714. The number of carbonyl (C=O) groups excluding carboxylic acids is 3. The summed E-state index contributed by atoms with van der Waals surface area (Å²) in [5.41, 5.74) is 1.85. The van der Waals surface area contributed by atoms with E-state index in [2.05, 4.69) is 15.6 Å². The molecular weight excluding hydrogens is 294 g/mol. The van der Waals surface area contributed by atoms with Crippen LogP contribution in [0.3, 0.4) is 0 Å². The highest BCUT2D eigenvalue weighted by atomic mass is 16.2. The average molecular weight is 311 g/mol. The Labute approximate surface area is 133 Å². The van der Waals surface area contributed by atoms with Gasteiger partial charge in [-0.25, -0.2) is 0 Å². The maximum absolute atomic E-state index is 11.8. The molecule has 2 aromatic rings. The largest absolute Gasteiger partial charge is 0.352 e. The fraction of sp³-hybridized carbons (Fsp3) is 0.176. The van der Waals surface area contributed by atoms with Crippen molar-refractivity contribution in [2.24, 2.45) is 0 Å². The van der Waals surface area contributed by atoms with Crippen molar-refractivity contribution in [3.8, 4) is 0 Å². The van der Waals surface area contributed by atoms with Crippen molar-refractivity contribution in [1.29, 1.82) is 0 Å². The second-order valence-electron chi connectivity index (χ2n) is 5.00. The van der Waals surface area contributed by atoms with Gasteiger partial charge in [-0.2, -0.15) is 0 Å². The van der Waals surface area contributed by atoms with Crippen LogP contribution >= 0.6 is 0 Å². The van der Waals surface area contributed by atoms with Crippen molar-refractivity contribution >= 4 is 23.3 Å². The zero-order chi connectivity index (χ0) is 16.7. The van der Waals surface area contributed by atoms with Gasteiger partial charge in [0.2, 0.25) is 11.8 Å². The van der Waals surface area contributed by atoms with Gasteiger partial charge in [-0.05, 0) is 30.7 Å². The monoisotopic (exact) mass is 311 g/mol. The minimum Gasteiger partial charge on any atom is -0.352 e. The number of nitrogens with one attached hydrogen (secondary N) is 2. The van der Waals surface area contributed by atoms with Gasteiger partial charge in [0.05, 0.1) is 0 Å². The van der Waals surface area contributed by atoms with Gasteiger partial charge in [-0.15, -0.1) is 0 Å². The normalized spacial score (nSPS) is 9.96. The van der Waals surface area contributed by atoms with E-state index in [0.29, 0.717) is 17.8 Å². The Morgan fingerprint density at radius 3 is 2.61 bits per heavy atom. The number of carbonyl (C=O) groups is 3. The van der Waals surface area contributed by atoms with E-state index in [1.165, 1.54) is 6.92 Å². The Morgan fingerprint density at radius 2 is 1.91 bits per heavy atom. The van der Waals surface area contributed by atoms with E-state index in [1.807, 2.05) is 6.07 Å². The molecule has 0 saturated heterocycles. The highest BCUT2D eigenvalue weighted by molar-refractivity contribution is 6.04. The van der Waals surface area contributed by atoms with Gasteiger partial charge in [-0.3, -0.25) is 19.4 Å². The van der Waals surface area contributed by atoms with Gasteiger partial charge < -0.3 is 10.6 Å². The molecule has 1 heterocycles. The fourth-order valence-electron chi connectivity index (χ4n) is 1.93. The van der Waals surface area contributed by atoms with Gasteiger partial charge in [0.1, 0.15) is 6.42 Å². The molecule has 0 aliphatic rings. The third-order valence-electron chi connectivity index (χ3n) is 3.09. The number of rotatable bonds is 6. The minimum atomic E-state index is -0.436. The molecule has 1 aromatic heterocycles. The first-order valence-corrected chi connectivity index (χ1v) is 7.11. The van der Waals surface area contributed by atoms with Gasteiger partial charge in [0.15, 0.2) is 5.78 Å². The van der Waals surface area contributed by atoms with E-state index in [1.54, 1.807) is 42.7 Å². The number of hydrogen-bond donors (Lipinski definition) is 2. The lowest BCUT2D eigenvalue weighted by Gasteiger charge is -2.07. The number of pyridine rings is 1. The smallest absolute Gasteiger partial charge is 0.233 e. The molecule has 0 spiro atoms. The molecule has 1 aromatic carbocycles. The van der Waals surface area contributed by atoms with E-state index in [9.17, 15) is 14.4 Å². The lowest BCUT2D eigenvalue weighted by atomic mass is 10.1. The first kappa shape index (κ1) is 16.4. The molecule has 2 rings (SSSR count). The van der Waals surface area contributed by atoms with E-state index < -0.39 is 5.91 Å². The van der Waals surface area contributed by atoms with Crippen LogP contribution in [0.5, 0.6) is 0 Å². The van der Waals surface area contributed by atoms with Crippen molar-refractivity contribution in [1.82, 2.24) is 10.3 Å². The fourth-order valence-corrected chi connectivity index (χ4v) is 1.93. The molecule has 2 N–H and O–H groups in total. The third kappa shape index (κ3) is 5.35. The zero-order valence-corrected chi connectivity index (χ0v) is 12.7. The second kappa shape index (κ2) is 7.84. The molecule has 2 amide bonds. The first-order valence-electron chi connectivity index (χ1n) is 7.11. The Hall–Kier alpha value is -3.02. The summed E-state index contributed by atoms with van der Waals surface area (Å²) < 4.78 is 0. The van der Waals surface area contributed by atoms with Crippen LogP contribution in [0, 0.1) is 0 Å². The first-order chi connectivity index (χ1) is 11.0. The molecule has 0 fully saturated rings. The molecule has 118 valence electrons. The number of nitrogens with zero attached hydrogens (tertiary/aromatic N) is 1. The van der Waals surface area contributed by atoms with Crippen LogP contribution in [0.25, 0.3) is 0 Å². The molecule has 23 heavy (non-hydrogen) atoms. The molecule has 0 aliphatic heterocycles. The van der Waals surface area contributed by atoms with E-state index in [-0.39, 0.29) is 18.1 Å². The van der Waals surface area contributed by atoms with Crippen molar-refractivity contribution in [3.63, 3.8) is 0 Å². The van der Waals surface area contributed by atoms with Crippen LogP contribution in [-0.4, -0.2) is 22.6 Å². The highest BCUT2D eigenvalue weighted by Gasteiger charge is 2.10. The minimum absolute atomic E-state index is 0.0877. The summed E-state index contributed by atoms with van der Waals surface area (Å²) in [5, 5.41) is 5.25. The van der Waals surface area contributed by atoms with Crippen molar-refractivity contribution in [3.05, 3.63) is 59.9 Å². The Morgan fingerprint density at radius 1 is 1.09 bits per heavy atom. The molecule has 0 bridgehead atoms. The number of amides is 2. The molecule has 0 saturated carbocycles. The third-order valence-corrected chi connectivity index (χ3v) is 3.09. The summed E-state index contributed by atoms with van der Waals surface area (Å²) in [7, 11) is 0. The Balaban J connectivity index is 1.83. The molecule has 0 aliphatic carbocycles. The molecule has 6 nitrogen and oxygen atoms in total. The van der Waals surface area contributed by atoms with Gasteiger partial charge in [0, 0.05) is 30.2 Å². The standard InChI is InChI=1S/C17H17N3O3/c1-12(21)14-5-2-6-15(8-14)20-17(23)9-16(22)19-11-13-4-3-7-18-10-13/h2-8,10H,9,11H2,1H3,(H,19,22)(H,20,23). The van der Waals surface area contributed by atoms with E-state index >= 15 is 0 Å². The molecule has 0 unspecified atom stereocenters. The van der Waals surface area contributed by atoms with Crippen LogP contribution < -0.4 is 10.6 Å². The van der Waals surface area contributed by atoms with E-state index in [4.69, 9.17) is 0 Å². The quantitative estimate of drug-likeness (QED) is 0.630. The summed E-state index contributed by atoms with van der Waals surface area (Å²) in [6.45, 7) is 1.77. The SMILES string of the molecule is CC(=O)c1cccc(NC(=O)CC(=O)NCc2cccnc2)c1. The lowest BCUT2D eigenvalue weighted by molar-refractivity contribution is -0.126. The van der Waals surface area contributed by atoms with Crippen LogP contribution in [0.2, 0.25) is 0 Å². The maximum atomic E-state index is 11.8. The van der Waals surface area contributed by atoms with Crippen molar-refractivity contribution < 1.29 is 14.4 Å². The van der Waals surface area contributed by atoms with Crippen molar-refractivity contribution in [2.75, 3.05) is 5.32 Å². The lowest BCUT2D eigenvalue weighted by Crippen LogP contribution is -2.27. The van der Waals surface area contributed by atoms with E-state index in [0.717, 1.165) is 5.56 Å². The van der Waals surface area contributed by atoms with Crippen LogP contribution in [-0.2, 0) is 16.1 Å². The number of hydrogen-bond acceptors (Lipinski definition) is 4. The average Bonchev–Trinajstić information content (AvgIpc) is 2.54. The number of Topliss-reactive ketones (excluding diaryl/α,β-unsaturated/α-hetero) is 1. The Kier molecular flexibility index (Phi) is 5.57. The van der Waals surface area contributed by atoms with Gasteiger partial charge in [0.25, 0.3) is 0 Å². The van der Waals surface area contributed by atoms with Crippen molar-refractivity contribution in [2.45, 2.75) is 19.9 Å². The number of benzene rings is 1. The molecule has 6 heteroatoms. The van der Waals surface area contributed by atoms with Crippen LogP contribution in [0.4, 0.5) is 5.69 Å². The summed E-state index contributed by atoms with van der Waals surface area (Å²) >= 11 is 0. The number of anilines is 1. The summed E-state index contributed by atoms with van der Waals surface area (Å²) in [6, 6.07) is 10.2. The summed E-state index contributed by atoms with van der Waals surface area (Å²) in [5.74, 6) is -0.904. The highest BCUT2D eigenvalue weighted by Crippen LogP contribution is 2.11. The summed E-state index contributed by atoms with van der Waals surface area (Å²) in [6.07, 6.45) is 3.01.